The fourth-order valence-corrected chi connectivity index (χ4v) is 15.0. The zero-order valence-electron chi connectivity index (χ0n) is 65.2. The minimum atomic E-state index is 0.605. The predicted octanol–water partition coefficient (Wildman–Crippen LogP) is 27.3. The van der Waals surface area contributed by atoms with Gasteiger partial charge >= 0.3 is 0 Å². The van der Waals surface area contributed by atoms with Crippen molar-refractivity contribution in [3.8, 4) is 203 Å². The zero-order chi connectivity index (χ0) is 80.2. The summed E-state index contributed by atoms with van der Waals surface area (Å²) < 4.78 is 0. The van der Waals surface area contributed by atoms with E-state index < -0.39 is 0 Å². The van der Waals surface area contributed by atoms with Gasteiger partial charge in [-0.25, -0.2) is 49.8 Å². The SMILES string of the molecule is c1ccc(-c2cc(-c3ccc(-c4cccc(-c5nc(-c6ccccc6)nc(-c6ccc(-c7ccccc7)c(-c7ccccc7)c6)n5)c4)cc3)nc(-c3ccccc3)n2)cc1.c1ccc(-c2cc(-c3ccc(-c4cccc(-c5nc(-c6ccccc6)nc(-c6ccccc6)n5)c4)cc3)nc(-c3ccc(-c4ccccc4)c(-c4ccccc4)c3)n2)cc1. The molecule has 20 rings (SSSR count). The Hall–Kier alpha value is -16.3. The van der Waals surface area contributed by atoms with E-state index in [1.165, 1.54) is 0 Å². The number of rotatable bonds is 18. The second kappa shape index (κ2) is 34.4. The number of benzene rings is 16. The summed E-state index contributed by atoms with van der Waals surface area (Å²) in [5.41, 5.74) is 28.4. The number of aromatic nitrogens is 10. The van der Waals surface area contributed by atoms with Crippen LogP contribution in [0.4, 0.5) is 0 Å². The monoisotopic (exact) mass is 1530 g/mol. The fourth-order valence-electron chi connectivity index (χ4n) is 15.0. The van der Waals surface area contributed by atoms with Crippen molar-refractivity contribution < 1.29 is 0 Å². The van der Waals surface area contributed by atoms with E-state index in [0.29, 0.717) is 46.6 Å². The molecular weight excluding hydrogens is 1460 g/mol. The van der Waals surface area contributed by atoms with Crippen LogP contribution in [0.15, 0.2) is 449 Å². The van der Waals surface area contributed by atoms with E-state index in [9.17, 15) is 0 Å². The summed E-state index contributed by atoms with van der Waals surface area (Å²) in [6.45, 7) is 0. The summed E-state index contributed by atoms with van der Waals surface area (Å²) >= 11 is 0. The quantitative estimate of drug-likeness (QED) is 0.0819. The molecule has 0 aliphatic carbocycles. The molecule has 16 aromatic carbocycles. The molecule has 120 heavy (non-hydrogen) atoms. The number of hydrogen-bond acceptors (Lipinski definition) is 10. The standard InChI is InChI=1S/2C55H37N5/c1-6-17-39(18-7-1)48-34-33-47(36-49(48)40-19-8-2-9-20-40)54-56-50(41-21-10-3-11-22-41)37-51(57-54)42-31-29-38(30-32-42)45-27-16-28-46(35-45)55-59-52(43-23-12-4-13-24-43)58-53(60-55)44-25-14-5-15-26-44;1-6-17-39(18-7-1)48-34-33-47(36-49(48)40-19-8-2-9-20-40)55-59-53(44-25-14-5-15-26-44)58-54(60-55)46-28-16-27-45(35-46)38-29-31-42(32-30-38)51-37-50(41-21-10-3-11-22-41)56-52(57-51)43-23-12-4-13-24-43/h2*1-37H. The van der Waals surface area contributed by atoms with Crippen molar-refractivity contribution in [2.45, 2.75) is 0 Å². The van der Waals surface area contributed by atoms with E-state index in [-0.39, 0.29) is 0 Å². The van der Waals surface area contributed by atoms with E-state index in [4.69, 9.17) is 49.8 Å². The minimum absolute atomic E-state index is 0.605. The topological polar surface area (TPSA) is 129 Å². The van der Waals surface area contributed by atoms with Crippen LogP contribution >= 0.6 is 0 Å². The summed E-state index contributed by atoms with van der Waals surface area (Å²) in [6.07, 6.45) is 0. The average molecular weight is 1540 g/mol. The van der Waals surface area contributed by atoms with Gasteiger partial charge in [0, 0.05) is 66.8 Å². The average Bonchev–Trinajstić information content (AvgIpc) is 0.779. The Balaban J connectivity index is 0.000000159. The first-order valence-corrected chi connectivity index (χ1v) is 40.0. The van der Waals surface area contributed by atoms with Crippen molar-refractivity contribution >= 4 is 0 Å². The highest BCUT2D eigenvalue weighted by Gasteiger charge is 2.21. The second-order valence-corrected chi connectivity index (χ2v) is 29.0. The third kappa shape index (κ3) is 16.5. The molecular formula is C110H74N10. The first-order valence-electron chi connectivity index (χ1n) is 40.0. The predicted molar refractivity (Wildman–Crippen MR) is 489 cm³/mol. The molecule has 0 unspecified atom stereocenters. The minimum Gasteiger partial charge on any atom is -0.228 e. The molecule has 0 amide bonds. The lowest BCUT2D eigenvalue weighted by Crippen LogP contribution is -2.00. The summed E-state index contributed by atoms with van der Waals surface area (Å²) in [5.74, 6) is 5.09. The van der Waals surface area contributed by atoms with Crippen molar-refractivity contribution in [1.82, 2.24) is 49.8 Å². The van der Waals surface area contributed by atoms with Crippen molar-refractivity contribution in [1.29, 1.82) is 0 Å². The van der Waals surface area contributed by atoms with Crippen LogP contribution in [0.5, 0.6) is 0 Å². The lowest BCUT2D eigenvalue weighted by Gasteiger charge is -2.14. The number of nitrogens with zero attached hydrogens (tertiary/aromatic N) is 10. The van der Waals surface area contributed by atoms with Crippen LogP contribution in [-0.4, -0.2) is 49.8 Å². The molecule has 0 aliphatic rings. The van der Waals surface area contributed by atoms with E-state index >= 15 is 0 Å². The Labute approximate surface area is 697 Å². The fraction of sp³-hybridized carbons (Fsp3) is 0. The van der Waals surface area contributed by atoms with E-state index in [0.717, 1.165) is 156 Å². The Morgan fingerprint density at radius 1 is 0.0917 bits per heavy atom. The van der Waals surface area contributed by atoms with Crippen LogP contribution in [0.2, 0.25) is 0 Å². The van der Waals surface area contributed by atoms with Crippen LogP contribution in [0, 0.1) is 0 Å². The van der Waals surface area contributed by atoms with Gasteiger partial charge in [0.25, 0.3) is 0 Å². The Kier molecular flexibility index (Phi) is 21.2. The van der Waals surface area contributed by atoms with Crippen LogP contribution in [0.3, 0.4) is 0 Å². The normalized spacial score (nSPS) is 11.0. The van der Waals surface area contributed by atoms with Crippen LogP contribution < -0.4 is 0 Å². The van der Waals surface area contributed by atoms with Crippen LogP contribution in [0.25, 0.3) is 203 Å². The van der Waals surface area contributed by atoms with Crippen molar-refractivity contribution in [2.24, 2.45) is 0 Å². The Morgan fingerprint density at radius 3 is 0.542 bits per heavy atom. The van der Waals surface area contributed by atoms with E-state index in [2.05, 4.69) is 279 Å². The van der Waals surface area contributed by atoms with Gasteiger partial charge in [-0.1, -0.05) is 413 Å². The summed E-state index contributed by atoms with van der Waals surface area (Å²) in [7, 11) is 0. The van der Waals surface area contributed by atoms with Gasteiger partial charge in [0.05, 0.1) is 22.8 Å². The van der Waals surface area contributed by atoms with Gasteiger partial charge in [-0.05, 0) is 103 Å². The molecule has 10 heteroatoms. The highest BCUT2D eigenvalue weighted by Crippen LogP contribution is 2.41. The third-order valence-electron chi connectivity index (χ3n) is 21.2. The van der Waals surface area contributed by atoms with E-state index in [1.54, 1.807) is 0 Å². The van der Waals surface area contributed by atoms with Crippen molar-refractivity contribution in [2.75, 3.05) is 0 Å². The van der Waals surface area contributed by atoms with Gasteiger partial charge in [-0.2, -0.15) is 0 Å². The molecule has 0 saturated heterocycles. The first kappa shape index (κ1) is 73.8. The number of hydrogen-bond donors (Lipinski definition) is 0. The summed E-state index contributed by atoms with van der Waals surface area (Å²) in [4.78, 5) is 50.5. The zero-order valence-corrected chi connectivity index (χ0v) is 65.2. The van der Waals surface area contributed by atoms with Crippen LogP contribution in [-0.2, 0) is 0 Å². The molecule has 0 aliphatic heterocycles. The maximum atomic E-state index is 5.23. The van der Waals surface area contributed by atoms with E-state index in [1.807, 2.05) is 170 Å². The highest BCUT2D eigenvalue weighted by atomic mass is 15.0. The highest BCUT2D eigenvalue weighted by molar-refractivity contribution is 5.89. The Morgan fingerprint density at radius 2 is 0.267 bits per heavy atom. The smallest absolute Gasteiger partial charge is 0.164 e. The van der Waals surface area contributed by atoms with Crippen molar-refractivity contribution in [3.63, 3.8) is 0 Å². The summed E-state index contributed by atoms with van der Waals surface area (Å²) in [5, 5.41) is 0. The lowest BCUT2D eigenvalue weighted by molar-refractivity contribution is 1.07. The molecule has 10 nitrogen and oxygen atoms in total. The molecule has 0 atom stereocenters. The Bertz CT molecular complexity index is 6820. The molecule has 0 bridgehead atoms. The molecule has 0 N–H and O–H groups in total. The van der Waals surface area contributed by atoms with Gasteiger partial charge in [-0.3, -0.25) is 0 Å². The maximum Gasteiger partial charge on any atom is 0.164 e. The van der Waals surface area contributed by atoms with Crippen LogP contribution in [0.1, 0.15) is 0 Å². The molecule has 4 heterocycles. The van der Waals surface area contributed by atoms with Gasteiger partial charge in [0.2, 0.25) is 0 Å². The van der Waals surface area contributed by atoms with Gasteiger partial charge < -0.3 is 0 Å². The lowest BCUT2D eigenvalue weighted by atomic mass is 9.92. The molecule has 0 spiro atoms. The molecule has 4 aromatic heterocycles. The third-order valence-corrected chi connectivity index (χ3v) is 21.2. The second-order valence-electron chi connectivity index (χ2n) is 29.0. The molecule has 20 aromatic rings. The summed E-state index contributed by atoms with van der Waals surface area (Å²) in [6, 6.07) is 154. The molecule has 0 saturated carbocycles. The maximum absolute atomic E-state index is 5.23. The van der Waals surface area contributed by atoms with Gasteiger partial charge in [0.15, 0.2) is 46.6 Å². The van der Waals surface area contributed by atoms with Crippen molar-refractivity contribution in [3.05, 3.63) is 449 Å². The van der Waals surface area contributed by atoms with Gasteiger partial charge in [0.1, 0.15) is 0 Å². The largest absolute Gasteiger partial charge is 0.228 e. The van der Waals surface area contributed by atoms with Gasteiger partial charge in [-0.15, -0.1) is 0 Å². The molecule has 0 fully saturated rings. The first-order chi connectivity index (χ1) is 59.4. The molecule has 564 valence electrons. The molecule has 0 radical (unpaired) electrons.